The van der Waals surface area contributed by atoms with E-state index in [1.165, 1.54) is 22.9 Å². The van der Waals surface area contributed by atoms with Crippen molar-refractivity contribution < 1.29 is 54.7 Å². The Morgan fingerprint density at radius 3 is 2.05 bits per heavy atom. The fourth-order valence-corrected chi connectivity index (χ4v) is 3.56. The fourth-order valence-electron chi connectivity index (χ4n) is 3.01. The number of nitrogens with two attached hydrogens (primary N) is 1. The number of halogens is 6. The topological polar surface area (TPSA) is 122 Å². The van der Waals surface area contributed by atoms with Crippen molar-refractivity contribution in [2.45, 2.75) is 18.1 Å². The number of fused-ring (bicyclic) bond motifs is 1. The van der Waals surface area contributed by atoms with Crippen LogP contribution < -0.4 is 14.8 Å². The molecule has 0 radical (unpaired) electrons. The van der Waals surface area contributed by atoms with E-state index < -0.39 is 27.7 Å². The van der Waals surface area contributed by atoms with E-state index in [0.717, 1.165) is 11.3 Å². The largest absolute Gasteiger partial charge is 0.516 e. The lowest BCUT2D eigenvalue weighted by atomic mass is 10.1. The number of hydrogen-bond donors (Lipinski definition) is 3. The van der Waals surface area contributed by atoms with E-state index in [-0.39, 0.29) is 5.69 Å². The number of nitrogens with one attached hydrogen (secondary N) is 1. The molecule has 0 unspecified atom stereocenters. The van der Waals surface area contributed by atoms with Crippen LogP contribution in [0.5, 0.6) is 11.5 Å². The smallest absolute Gasteiger partial charge is 0.475 e. The molecule has 0 saturated carbocycles. The molecular formula is C23H18F6N3O5S+. The number of carboxylic acids is 1. The molecule has 15 heteroatoms. The Labute approximate surface area is 211 Å². The number of benzene rings is 3. The summed E-state index contributed by atoms with van der Waals surface area (Å²) in [5, 5.41) is 8.94. The lowest BCUT2D eigenvalue weighted by Crippen LogP contribution is -2.81. The molecule has 3 aromatic carbocycles. The molecule has 38 heavy (non-hydrogen) atoms. The molecule has 0 saturated heterocycles. The van der Waals surface area contributed by atoms with Gasteiger partial charge in [0.2, 0.25) is 5.84 Å². The highest BCUT2D eigenvalue weighted by Crippen LogP contribution is 2.31. The number of nitrogens with zero attached hydrogens (tertiary/aromatic N) is 1. The van der Waals surface area contributed by atoms with E-state index in [2.05, 4.69) is 4.99 Å². The summed E-state index contributed by atoms with van der Waals surface area (Å²) in [6, 6.07) is 20.9. The predicted molar refractivity (Wildman–Crippen MR) is 124 cm³/mol. The van der Waals surface area contributed by atoms with E-state index >= 15 is 0 Å². The zero-order valence-electron chi connectivity index (χ0n) is 18.9. The van der Waals surface area contributed by atoms with Crippen LogP contribution in [0.4, 0.5) is 43.4 Å². The molecule has 0 fully saturated rings. The van der Waals surface area contributed by atoms with Crippen LogP contribution in [0.2, 0.25) is 0 Å². The highest BCUT2D eigenvalue weighted by molar-refractivity contribution is 7.93. The zero-order valence-corrected chi connectivity index (χ0v) is 19.7. The van der Waals surface area contributed by atoms with Gasteiger partial charge in [0.15, 0.2) is 5.69 Å². The molecule has 0 aliphatic carbocycles. The average molecular weight is 562 g/mol. The zero-order chi connectivity index (χ0) is 28.1. The average Bonchev–Trinajstić information content (AvgIpc) is 3.21. The summed E-state index contributed by atoms with van der Waals surface area (Å²) in [5.41, 5.74) is -3.50. The molecule has 4 rings (SSSR count). The molecule has 1 heterocycles. The molecule has 1 aliphatic heterocycles. The Morgan fingerprint density at radius 1 is 0.921 bits per heavy atom. The number of quaternary nitrogens is 1. The van der Waals surface area contributed by atoms with Crippen LogP contribution in [0.3, 0.4) is 0 Å². The van der Waals surface area contributed by atoms with E-state index in [9.17, 15) is 34.8 Å². The van der Waals surface area contributed by atoms with Crippen molar-refractivity contribution in [1.29, 1.82) is 0 Å². The minimum Gasteiger partial charge on any atom is -0.475 e. The quantitative estimate of drug-likeness (QED) is 0.293. The fraction of sp³-hybridized carbons (Fsp3) is 0.130. The lowest BCUT2D eigenvalue weighted by molar-refractivity contribution is -0.440. The molecule has 3 aromatic rings. The predicted octanol–water partition coefficient (Wildman–Crippen LogP) is 4.85. The Kier molecular flexibility index (Phi) is 8.31. The third kappa shape index (κ3) is 7.69. The summed E-state index contributed by atoms with van der Waals surface area (Å²) in [5.74, 6) is -0.622. The molecule has 0 atom stereocenters. The molecule has 0 amide bonds. The van der Waals surface area contributed by atoms with Gasteiger partial charge in [-0.25, -0.2) is 4.79 Å². The first-order chi connectivity index (χ1) is 17.6. The van der Waals surface area contributed by atoms with Crippen LogP contribution in [0.25, 0.3) is 0 Å². The van der Waals surface area contributed by atoms with Gasteiger partial charge < -0.3 is 9.84 Å². The van der Waals surface area contributed by atoms with Crippen LogP contribution in [0, 0.1) is 0 Å². The summed E-state index contributed by atoms with van der Waals surface area (Å²) >= 11 is 0. The Hall–Kier alpha value is -4.11. The van der Waals surface area contributed by atoms with E-state index in [4.69, 9.17) is 14.6 Å². The van der Waals surface area contributed by atoms with Crippen LogP contribution in [-0.2, 0) is 21.2 Å². The molecule has 0 aromatic heterocycles. The molecule has 202 valence electrons. The maximum atomic E-state index is 12.6. The number of alkyl halides is 6. The summed E-state index contributed by atoms with van der Waals surface area (Å²) in [4.78, 5) is 13.3. The number of sulfonamides is 1. The molecule has 0 spiro atoms. The Balaban J connectivity index is 0.000000505. The van der Waals surface area contributed by atoms with Crippen LogP contribution in [0.15, 0.2) is 77.8 Å². The molecule has 4 N–H and O–H groups in total. The van der Waals surface area contributed by atoms with E-state index in [1.54, 1.807) is 0 Å². The van der Waals surface area contributed by atoms with Crippen LogP contribution in [-0.4, -0.2) is 37.0 Å². The van der Waals surface area contributed by atoms with Crippen LogP contribution >= 0.6 is 0 Å². The van der Waals surface area contributed by atoms with Gasteiger partial charge >= 0.3 is 27.7 Å². The highest BCUT2D eigenvalue weighted by atomic mass is 32.2. The van der Waals surface area contributed by atoms with Crippen LogP contribution in [0.1, 0.15) is 5.56 Å². The number of para-hydroxylation sites is 1. The first-order valence-electron chi connectivity index (χ1n) is 10.4. The lowest BCUT2D eigenvalue weighted by Gasteiger charge is -2.10. The van der Waals surface area contributed by atoms with Crippen molar-refractivity contribution in [2.24, 2.45) is 4.99 Å². The summed E-state index contributed by atoms with van der Waals surface area (Å²) in [6.45, 7) is 0. The standard InChI is InChI=1S/C21H16F3N3O3S.C2HF3O2/c22-21(23,24)31(28,29)27-15-8-11-18-19(13-15)26-20(25-18)12-14-6-9-17(10-7-14)30-16-4-2-1-3-5-16;3-2(4,5)1(6)7/h1-11,13,27H,12H2,(H,25,26);(H,6,7)/p+1. The van der Waals surface area contributed by atoms with E-state index in [1.807, 2.05) is 59.9 Å². The maximum absolute atomic E-state index is 12.6. The minimum atomic E-state index is -5.48. The number of hydrogen-bond acceptors (Lipinski definition) is 5. The van der Waals surface area contributed by atoms with Gasteiger partial charge in [0.05, 0.1) is 12.1 Å². The maximum Gasteiger partial charge on any atom is 0.516 e. The second-order valence-electron chi connectivity index (χ2n) is 7.61. The number of amidine groups is 1. The first-order valence-corrected chi connectivity index (χ1v) is 11.9. The van der Waals surface area contributed by atoms with Gasteiger partial charge in [-0.3, -0.25) is 10.0 Å². The normalized spacial score (nSPS) is 13.1. The number of anilines is 1. The first kappa shape index (κ1) is 28.5. The van der Waals surface area contributed by atoms with Gasteiger partial charge in [0, 0.05) is 6.07 Å². The van der Waals surface area contributed by atoms with E-state index in [0.29, 0.717) is 29.4 Å². The second kappa shape index (κ2) is 11.1. The number of aliphatic imine (C=N–C) groups is 1. The van der Waals surface area contributed by atoms with Crippen molar-refractivity contribution in [2.75, 3.05) is 4.72 Å². The number of aliphatic carboxylic acids is 1. The number of rotatable bonds is 6. The Bertz CT molecular complexity index is 1420. The number of carbonyl (C=O) groups is 1. The summed E-state index contributed by atoms with van der Waals surface area (Å²) < 4.78 is 99.2. The highest BCUT2D eigenvalue weighted by Gasteiger charge is 2.46. The van der Waals surface area contributed by atoms with Gasteiger partial charge in [-0.2, -0.15) is 39.8 Å². The van der Waals surface area contributed by atoms with Crippen molar-refractivity contribution >= 4 is 38.9 Å². The summed E-state index contributed by atoms with van der Waals surface area (Å²) in [7, 11) is -5.48. The van der Waals surface area contributed by atoms with Gasteiger partial charge in [-0.15, -0.1) is 0 Å². The van der Waals surface area contributed by atoms with Crippen molar-refractivity contribution in [3.05, 3.63) is 78.4 Å². The van der Waals surface area contributed by atoms with Crippen molar-refractivity contribution in [3.8, 4) is 11.5 Å². The number of ether oxygens (including phenoxy) is 1. The van der Waals surface area contributed by atoms with Gasteiger partial charge in [-0.1, -0.05) is 30.3 Å². The van der Waals surface area contributed by atoms with Crippen molar-refractivity contribution in [3.63, 3.8) is 0 Å². The Morgan fingerprint density at radius 2 is 1.50 bits per heavy atom. The molecule has 0 bridgehead atoms. The third-order valence-electron chi connectivity index (χ3n) is 4.70. The van der Waals surface area contributed by atoms with Gasteiger partial charge in [0.1, 0.15) is 17.2 Å². The molecule has 1 aliphatic rings. The monoisotopic (exact) mass is 562 g/mol. The SMILES string of the molecule is O=C(O)C(F)(F)F.O=S(=O)(Nc1ccc2c(c1)N=C(Cc1ccc(Oc3ccccc3)cc1)[NH2+]2)C(F)(F)F. The summed E-state index contributed by atoms with van der Waals surface area (Å²) in [6.07, 6.45) is -4.58. The van der Waals surface area contributed by atoms with Crippen molar-refractivity contribution in [1.82, 2.24) is 0 Å². The molecular weight excluding hydrogens is 544 g/mol. The second-order valence-corrected chi connectivity index (χ2v) is 9.28. The van der Waals surface area contributed by atoms with Gasteiger partial charge in [0.25, 0.3) is 0 Å². The number of carboxylic acid groups (broad SMARTS) is 1. The molecule has 8 nitrogen and oxygen atoms in total. The van der Waals surface area contributed by atoms with Gasteiger partial charge in [-0.05, 0) is 42.0 Å². The third-order valence-corrected chi connectivity index (χ3v) is 5.82. The minimum absolute atomic E-state index is 0.197.